The SMILES string of the molecule is CSc1nnc(CCCNC(=O)C2(c3ccc(F)cc3)CC2)n1CC(C)C. The van der Waals surface area contributed by atoms with Crippen LogP contribution in [0.15, 0.2) is 29.4 Å². The summed E-state index contributed by atoms with van der Waals surface area (Å²) in [6.07, 6.45) is 5.25. The van der Waals surface area contributed by atoms with E-state index in [2.05, 4.69) is 33.9 Å². The lowest BCUT2D eigenvalue weighted by Gasteiger charge is -2.16. The number of nitrogens with zero attached hydrogens (tertiary/aromatic N) is 3. The third kappa shape index (κ3) is 4.51. The number of rotatable bonds is 9. The van der Waals surface area contributed by atoms with Crippen molar-refractivity contribution < 1.29 is 9.18 Å². The molecule has 146 valence electrons. The molecule has 0 aliphatic heterocycles. The van der Waals surface area contributed by atoms with Crippen molar-refractivity contribution in [1.29, 1.82) is 0 Å². The fraction of sp³-hybridized carbons (Fsp3) is 0.550. The highest BCUT2D eigenvalue weighted by molar-refractivity contribution is 7.98. The van der Waals surface area contributed by atoms with Crippen LogP contribution >= 0.6 is 11.8 Å². The summed E-state index contributed by atoms with van der Waals surface area (Å²) in [4.78, 5) is 12.6. The highest BCUT2D eigenvalue weighted by Gasteiger charge is 2.50. The maximum Gasteiger partial charge on any atom is 0.230 e. The average Bonchev–Trinajstić information content (AvgIpc) is 3.37. The Morgan fingerprint density at radius 1 is 1.30 bits per heavy atom. The molecule has 1 fully saturated rings. The lowest BCUT2D eigenvalue weighted by molar-refractivity contribution is -0.123. The Hall–Kier alpha value is -1.89. The summed E-state index contributed by atoms with van der Waals surface area (Å²) in [6, 6.07) is 6.29. The molecule has 1 aromatic heterocycles. The smallest absolute Gasteiger partial charge is 0.230 e. The number of hydrogen-bond donors (Lipinski definition) is 1. The number of amides is 1. The zero-order valence-electron chi connectivity index (χ0n) is 16.2. The van der Waals surface area contributed by atoms with Crippen molar-refractivity contribution in [2.24, 2.45) is 5.92 Å². The predicted molar refractivity (Wildman–Crippen MR) is 105 cm³/mol. The van der Waals surface area contributed by atoms with Crippen molar-refractivity contribution in [2.45, 2.75) is 56.6 Å². The van der Waals surface area contributed by atoms with Gasteiger partial charge in [-0.15, -0.1) is 10.2 Å². The summed E-state index contributed by atoms with van der Waals surface area (Å²) in [5.41, 5.74) is 0.444. The molecular weight excluding hydrogens is 363 g/mol. The number of carbonyl (C=O) groups is 1. The lowest BCUT2D eigenvalue weighted by Crippen LogP contribution is -2.35. The molecule has 1 aliphatic rings. The van der Waals surface area contributed by atoms with Gasteiger partial charge in [0.15, 0.2) is 5.16 Å². The first-order chi connectivity index (χ1) is 13.0. The number of nitrogens with one attached hydrogen (secondary N) is 1. The Morgan fingerprint density at radius 2 is 2.00 bits per heavy atom. The maximum atomic E-state index is 13.1. The van der Waals surface area contributed by atoms with Gasteiger partial charge in [-0.25, -0.2) is 4.39 Å². The Labute approximate surface area is 164 Å². The van der Waals surface area contributed by atoms with E-state index in [1.165, 1.54) is 12.1 Å². The Morgan fingerprint density at radius 3 is 2.59 bits per heavy atom. The van der Waals surface area contributed by atoms with Crippen LogP contribution in [0.2, 0.25) is 0 Å². The molecule has 1 aliphatic carbocycles. The zero-order chi connectivity index (χ0) is 19.4. The molecule has 1 amide bonds. The number of aryl methyl sites for hydroxylation is 1. The van der Waals surface area contributed by atoms with Gasteiger partial charge < -0.3 is 9.88 Å². The van der Waals surface area contributed by atoms with Crippen LogP contribution in [0.3, 0.4) is 0 Å². The maximum absolute atomic E-state index is 13.1. The van der Waals surface area contributed by atoms with E-state index in [-0.39, 0.29) is 11.7 Å². The van der Waals surface area contributed by atoms with Crippen molar-refractivity contribution in [1.82, 2.24) is 20.1 Å². The van der Waals surface area contributed by atoms with Gasteiger partial charge in [-0.2, -0.15) is 0 Å². The van der Waals surface area contributed by atoms with Gasteiger partial charge in [0.05, 0.1) is 5.41 Å². The largest absolute Gasteiger partial charge is 0.355 e. The molecule has 0 radical (unpaired) electrons. The molecule has 0 unspecified atom stereocenters. The van der Waals surface area contributed by atoms with Crippen LogP contribution in [0.5, 0.6) is 0 Å². The highest BCUT2D eigenvalue weighted by atomic mass is 32.2. The number of carbonyl (C=O) groups excluding carboxylic acids is 1. The summed E-state index contributed by atoms with van der Waals surface area (Å²) in [5.74, 6) is 1.27. The quantitative estimate of drug-likeness (QED) is 0.525. The van der Waals surface area contributed by atoms with Gasteiger partial charge in [0.1, 0.15) is 11.6 Å². The van der Waals surface area contributed by atoms with Gasteiger partial charge in [0, 0.05) is 19.5 Å². The lowest BCUT2D eigenvalue weighted by atomic mass is 9.95. The molecule has 1 heterocycles. The van der Waals surface area contributed by atoms with E-state index < -0.39 is 5.41 Å². The molecule has 0 spiro atoms. The zero-order valence-corrected chi connectivity index (χ0v) is 17.0. The highest BCUT2D eigenvalue weighted by Crippen LogP contribution is 2.48. The van der Waals surface area contributed by atoms with Crippen LogP contribution in [0.25, 0.3) is 0 Å². The van der Waals surface area contributed by atoms with Crippen LogP contribution in [0, 0.1) is 11.7 Å². The number of thioether (sulfide) groups is 1. The summed E-state index contributed by atoms with van der Waals surface area (Å²) in [5, 5.41) is 12.6. The summed E-state index contributed by atoms with van der Waals surface area (Å²) in [6.45, 7) is 5.86. The fourth-order valence-corrected chi connectivity index (χ4v) is 3.88. The second-order valence-corrected chi connectivity index (χ2v) is 8.33. The van der Waals surface area contributed by atoms with Gasteiger partial charge in [-0.05, 0) is 49.1 Å². The average molecular weight is 391 g/mol. The van der Waals surface area contributed by atoms with Crippen molar-refractivity contribution in [3.63, 3.8) is 0 Å². The molecule has 7 heteroatoms. The minimum atomic E-state index is -0.461. The van der Waals surface area contributed by atoms with E-state index in [1.54, 1.807) is 23.9 Å². The molecule has 5 nitrogen and oxygen atoms in total. The first-order valence-corrected chi connectivity index (χ1v) is 10.7. The number of aromatic nitrogens is 3. The second-order valence-electron chi connectivity index (χ2n) is 7.56. The van der Waals surface area contributed by atoms with Gasteiger partial charge in [0.25, 0.3) is 0 Å². The molecular formula is C20H27FN4OS. The molecule has 27 heavy (non-hydrogen) atoms. The molecule has 0 bridgehead atoms. The van der Waals surface area contributed by atoms with E-state index in [9.17, 15) is 9.18 Å². The number of hydrogen-bond acceptors (Lipinski definition) is 4. The molecule has 1 N–H and O–H groups in total. The minimum absolute atomic E-state index is 0.0440. The van der Waals surface area contributed by atoms with E-state index >= 15 is 0 Å². The molecule has 1 saturated carbocycles. The first kappa shape index (κ1) is 19.9. The van der Waals surface area contributed by atoms with E-state index in [0.717, 1.165) is 48.8 Å². The topological polar surface area (TPSA) is 59.8 Å². The molecule has 2 aromatic rings. The normalized spacial score (nSPS) is 15.1. The Balaban J connectivity index is 1.53. The third-order valence-corrected chi connectivity index (χ3v) is 5.64. The standard InChI is InChI=1S/C20H27FN4OS/c1-14(2)13-25-17(23-24-19(25)27-3)5-4-12-22-18(26)20(10-11-20)15-6-8-16(21)9-7-15/h6-9,14H,4-5,10-13H2,1-3H3,(H,22,26). The second kappa shape index (κ2) is 8.42. The summed E-state index contributed by atoms with van der Waals surface area (Å²) in [7, 11) is 0. The molecule has 0 atom stereocenters. The van der Waals surface area contributed by atoms with Crippen molar-refractivity contribution in [3.05, 3.63) is 41.5 Å². The third-order valence-electron chi connectivity index (χ3n) is 4.97. The predicted octanol–water partition coefficient (Wildman–Crippen LogP) is 3.58. The first-order valence-electron chi connectivity index (χ1n) is 9.46. The van der Waals surface area contributed by atoms with Crippen LogP contribution in [0.4, 0.5) is 4.39 Å². The summed E-state index contributed by atoms with van der Waals surface area (Å²) >= 11 is 1.61. The van der Waals surface area contributed by atoms with Gasteiger partial charge in [0.2, 0.25) is 5.91 Å². The van der Waals surface area contributed by atoms with Gasteiger partial charge >= 0.3 is 0 Å². The van der Waals surface area contributed by atoms with Crippen molar-refractivity contribution in [2.75, 3.05) is 12.8 Å². The Bertz CT molecular complexity index is 784. The molecule has 0 saturated heterocycles. The van der Waals surface area contributed by atoms with Crippen LogP contribution in [-0.4, -0.2) is 33.5 Å². The molecule has 1 aromatic carbocycles. The van der Waals surface area contributed by atoms with Crippen LogP contribution in [0.1, 0.15) is 44.5 Å². The summed E-state index contributed by atoms with van der Waals surface area (Å²) < 4.78 is 15.3. The van der Waals surface area contributed by atoms with E-state index in [4.69, 9.17) is 0 Å². The van der Waals surface area contributed by atoms with Crippen LogP contribution < -0.4 is 5.32 Å². The van der Waals surface area contributed by atoms with E-state index in [0.29, 0.717) is 12.5 Å². The molecule has 3 rings (SSSR count). The monoisotopic (exact) mass is 390 g/mol. The minimum Gasteiger partial charge on any atom is -0.355 e. The van der Waals surface area contributed by atoms with Crippen LogP contribution in [-0.2, 0) is 23.2 Å². The van der Waals surface area contributed by atoms with Crippen molar-refractivity contribution >= 4 is 17.7 Å². The fourth-order valence-electron chi connectivity index (χ4n) is 3.36. The van der Waals surface area contributed by atoms with Gasteiger partial charge in [-0.3, -0.25) is 4.79 Å². The number of benzene rings is 1. The van der Waals surface area contributed by atoms with Gasteiger partial charge in [-0.1, -0.05) is 37.7 Å². The van der Waals surface area contributed by atoms with E-state index in [1.807, 2.05) is 6.26 Å². The van der Waals surface area contributed by atoms with Crippen molar-refractivity contribution in [3.8, 4) is 0 Å². The Kier molecular flexibility index (Phi) is 6.19. The number of halogens is 1.